The molecule has 17 heavy (non-hydrogen) atoms. The van der Waals surface area contributed by atoms with Gasteiger partial charge in [-0.25, -0.2) is 4.39 Å². The van der Waals surface area contributed by atoms with Crippen LogP contribution in [0, 0.1) is 19.7 Å². The summed E-state index contributed by atoms with van der Waals surface area (Å²) in [7, 11) is 0. The lowest BCUT2D eigenvalue weighted by molar-refractivity contribution is 0.621. The van der Waals surface area contributed by atoms with Gasteiger partial charge in [0.2, 0.25) is 0 Å². The molecule has 2 rings (SSSR count). The van der Waals surface area contributed by atoms with Gasteiger partial charge >= 0.3 is 0 Å². The second-order valence-corrected chi connectivity index (χ2v) is 4.20. The van der Waals surface area contributed by atoms with E-state index in [0.29, 0.717) is 12.1 Å². The summed E-state index contributed by atoms with van der Waals surface area (Å²) in [6.45, 7) is 4.09. The van der Waals surface area contributed by atoms with E-state index in [4.69, 9.17) is 0 Å². The van der Waals surface area contributed by atoms with E-state index in [2.05, 4.69) is 0 Å². The number of hydrogen-bond donors (Lipinski definition) is 0. The van der Waals surface area contributed by atoms with Crippen LogP contribution in [0.25, 0.3) is 0 Å². The molecule has 0 radical (unpaired) electrons. The van der Waals surface area contributed by atoms with Gasteiger partial charge in [0.05, 0.1) is 6.54 Å². The van der Waals surface area contributed by atoms with Gasteiger partial charge < -0.3 is 4.57 Å². The molecule has 0 bridgehead atoms. The maximum atomic E-state index is 13.1. The molecule has 3 heteroatoms. The van der Waals surface area contributed by atoms with Crippen molar-refractivity contribution >= 4 is 0 Å². The van der Waals surface area contributed by atoms with E-state index < -0.39 is 0 Å². The fourth-order valence-corrected chi connectivity index (χ4v) is 1.78. The van der Waals surface area contributed by atoms with Crippen LogP contribution in [0.2, 0.25) is 0 Å². The van der Waals surface area contributed by atoms with Gasteiger partial charge in [-0.1, -0.05) is 12.1 Å². The summed E-state index contributed by atoms with van der Waals surface area (Å²) >= 11 is 0. The third kappa shape index (κ3) is 2.44. The summed E-state index contributed by atoms with van der Waals surface area (Å²) in [6, 6.07) is 8.23. The van der Waals surface area contributed by atoms with E-state index in [9.17, 15) is 9.18 Å². The van der Waals surface area contributed by atoms with Gasteiger partial charge in [-0.2, -0.15) is 0 Å². The molecule has 0 spiro atoms. The van der Waals surface area contributed by atoms with Crippen LogP contribution in [0.3, 0.4) is 0 Å². The highest BCUT2D eigenvalue weighted by atomic mass is 19.1. The Morgan fingerprint density at radius 1 is 1.18 bits per heavy atom. The maximum absolute atomic E-state index is 13.1. The lowest BCUT2D eigenvalue weighted by Gasteiger charge is -2.09. The molecule has 1 aromatic carbocycles. The predicted octanol–water partition coefficient (Wildman–Crippen LogP) is 2.65. The third-order valence-corrected chi connectivity index (χ3v) is 2.86. The molecule has 2 nitrogen and oxygen atoms in total. The van der Waals surface area contributed by atoms with Crippen LogP contribution in [0.1, 0.15) is 16.7 Å². The van der Waals surface area contributed by atoms with Crippen molar-refractivity contribution < 1.29 is 4.39 Å². The first-order valence-electron chi connectivity index (χ1n) is 5.49. The molecule has 1 aromatic heterocycles. The number of nitrogens with zero attached hydrogens (tertiary/aromatic N) is 1. The molecule has 88 valence electrons. The van der Waals surface area contributed by atoms with Crippen molar-refractivity contribution in [1.82, 2.24) is 4.57 Å². The van der Waals surface area contributed by atoms with Crippen LogP contribution in [0.4, 0.5) is 4.39 Å². The Morgan fingerprint density at radius 2 is 1.94 bits per heavy atom. The molecule has 0 aliphatic carbocycles. The summed E-state index contributed by atoms with van der Waals surface area (Å²) in [6.07, 6.45) is 1.72. The van der Waals surface area contributed by atoms with E-state index >= 15 is 0 Å². The predicted molar refractivity (Wildman–Crippen MR) is 65.7 cm³/mol. The summed E-state index contributed by atoms with van der Waals surface area (Å²) < 4.78 is 14.7. The van der Waals surface area contributed by atoms with Crippen molar-refractivity contribution in [2.24, 2.45) is 0 Å². The van der Waals surface area contributed by atoms with Crippen LogP contribution in [-0.2, 0) is 6.54 Å². The van der Waals surface area contributed by atoms with Crippen LogP contribution in [0.15, 0.2) is 41.3 Å². The number of aromatic nitrogens is 1. The van der Waals surface area contributed by atoms with Crippen molar-refractivity contribution in [3.05, 3.63) is 69.4 Å². The lowest BCUT2D eigenvalue weighted by Crippen LogP contribution is -2.22. The topological polar surface area (TPSA) is 22.0 Å². The monoisotopic (exact) mass is 231 g/mol. The van der Waals surface area contributed by atoms with Crippen molar-refractivity contribution in [3.63, 3.8) is 0 Å². The summed E-state index contributed by atoms with van der Waals surface area (Å²) in [5.41, 5.74) is 2.48. The minimum Gasteiger partial charge on any atom is -0.311 e. The van der Waals surface area contributed by atoms with Crippen LogP contribution in [0.5, 0.6) is 0 Å². The Bertz CT molecular complexity index is 601. The molecule has 0 aliphatic rings. The van der Waals surface area contributed by atoms with Gasteiger partial charge in [0.15, 0.2) is 0 Å². The standard InChI is InChI=1S/C14H14FNO/c1-10-5-6-13(15)8-12(10)9-16-7-3-4-11(2)14(16)17/h3-8H,9H2,1-2H3. The molecular weight excluding hydrogens is 217 g/mol. The van der Waals surface area contributed by atoms with Gasteiger partial charge in [0.1, 0.15) is 5.82 Å². The van der Waals surface area contributed by atoms with Crippen molar-refractivity contribution in [1.29, 1.82) is 0 Å². The number of halogens is 1. The molecular formula is C14H14FNO. The Balaban J connectivity index is 2.41. The van der Waals surface area contributed by atoms with Crippen molar-refractivity contribution in [3.8, 4) is 0 Å². The van der Waals surface area contributed by atoms with Crippen LogP contribution < -0.4 is 5.56 Å². The minimum atomic E-state index is -0.272. The first-order valence-corrected chi connectivity index (χ1v) is 5.49. The van der Waals surface area contributed by atoms with Crippen molar-refractivity contribution in [2.45, 2.75) is 20.4 Å². The first kappa shape index (κ1) is 11.6. The second kappa shape index (κ2) is 4.53. The molecule has 0 saturated carbocycles. The largest absolute Gasteiger partial charge is 0.311 e. The SMILES string of the molecule is Cc1ccc(F)cc1Cn1cccc(C)c1=O. The average molecular weight is 231 g/mol. The van der Waals surface area contributed by atoms with Gasteiger partial charge in [-0.05, 0) is 43.2 Å². The summed E-state index contributed by atoms with van der Waals surface area (Å²) in [5.74, 6) is -0.272. The van der Waals surface area contributed by atoms with Gasteiger partial charge in [-0.15, -0.1) is 0 Å². The number of rotatable bonds is 2. The van der Waals surface area contributed by atoms with Crippen LogP contribution >= 0.6 is 0 Å². The van der Waals surface area contributed by atoms with Crippen LogP contribution in [-0.4, -0.2) is 4.57 Å². The zero-order valence-electron chi connectivity index (χ0n) is 9.90. The summed E-state index contributed by atoms with van der Waals surface area (Å²) in [4.78, 5) is 11.8. The van der Waals surface area contributed by atoms with Gasteiger partial charge in [-0.3, -0.25) is 4.79 Å². The molecule has 0 atom stereocenters. The Hall–Kier alpha value is -1.90. The molecule has 0 fully saturated rings. The van der Waals surface area contributed by atoms with Gasteiger partial charge in [0, 0.05) is 11.8 Å². The van der Waals surface area contributed by atoms with E-state index in [0.717, 1.165) is 11.1 Å². The van der Waals surface area contributed by atoms with Gasteiger partial charge in [0.25, 0.3) is 5.56 Å². The van der Waals surface area contributed by atoms with E-state index in [-0.39, 0.29) is 11.4 Å². The molecule has 0 unspecified atom stereocenters. The highest BCUT2D eigenvalue weighted by molar-refractivity contribution is 5.27. The number of aryl methyl sites for hydroxylation is 2. The van der Waals surface area contributed by atoms with E-state index in [1.807, 2.05) is 13.0 Å². The maximum Gasteiger partial charge on any atom is 0.253 e. The van der Waals surface area contributed by atoms with E-state index in [1.165, 1.54) is 12.1 Å². The second-order valence-electron chi connectivity index (χ2n) is 4.20. The number of pyridine rings is 1. The Labute approximate surface area is 99.3 Å². The first-order chi connectivity index (χ1) is 8.08. The minimum absolute atomic E-state index is 0.0313. The van der Waals surface area contributed by atoms with E-state index in [1.54, 1.807) is 29.8 Å². The molecule has 0 N–H and O–H groups in total. The average Bonchev–Trinajstić information content (AvgIpc) is 2.30. The zero-order valence-corrected chi connectivity index (χ0v) is 9.90. The Morgan fingerprint density at radius 3 is 2.71 bits per heavy atom. The van der Waals surface area contributed by atoms with Crippen molar-refractivity contribution in [2.75, 3.05) is 0 Å². The zero-order chi connectivity index (χ0) is 12.4. The lowest BCUT2D eigenvalue weighted by atomic mass is 10.1. The molecule has 1 heterocycles. The third-order valence-electron chi connectivity index (χ3n) is 2.86. The fourth-order valence-electron chi connectivity index (χ4n) is 1.78. The number of benzene rings is 1. The highest BCUT2D eigenvalue weighted by Crippen LogP contribution is 2.11. The number of hydrogen-bond acceptors (Lipinski definition) is 1. The normalized spacial score (nSPS) is 10.5. The quantitative estimate of drug-likeness (QED) is 0.778. The summed E-state index contributed by atoms with van der Waals surface area (Å²) in [5, 5.41) is 0. The fraction of sp³-hybridized carbons (Fsp3) is 0.214. The molecule has 0 amide bonds. The highest BCUT2D eigenvalue weighted by Gasteiger charge is 2.04. The molecule has 2 aromatic rings. The molecule has 0 saturated heterocycles. The smallest absolute Gasteiger partial charge is 0.253 e. The Kier molecular flexibility index (Phi) is 3.09. The molecule has 0 aliphatic heterocycles.